The van der Waals surface area contributed by atoms with Crippen LogP contribution in [0.4, 0.5) is 0 Å². The van der Waals surface area contributed by atoms with Gasteiger partial charge in [-0.05, 0) is 12.8 Å². The number of sulfone groups is 1. The van der Waals surface area contributed by atoms with Crippen molar-refractivity contribution in [1.29, 1.82) is 0 Å². The Balaban J connectivity index is 2.12. The Morgan fingerprint density at radius 3 is 2.62 bits per heavy atom. The van der Waals surface area contributed by atoms with Gasteiger partial charge in [0.15, 0.2) is 9.84 Å². The van der Waals surface area contributed by atoms with Crippen LogP contribution < -0.4 is 5.73 Å². The van der Waals surface area contributed by atoms with Crippen molar-refractivity contribution in [3.63, 3.8) is 0 Å². The van der Waals surface area contributed by atoms with Gasteiger partial charge < -0.3 is 5.73 Å². The molecule has 2 atom stereocenters. The molecule has 3 rings (SSSR count). The fraction of sp³-hybridized carbons (Fsp3) is 1.00. The van der Waals surface area contributed by atoms with Crippen LogP contribution in [-0.4, -0.2) is 50.0 Å². The first-order valence-electron chi connectivity index (χ1n) is 4.79. The molecule has 3 heterocycles. The fourth-order valence-electron chi connectivity index (χ4n) is 2.39. The van der Waals surface area contributed by atoms with Gasteiger partial charge in [0.25, 0.3) is 0 Å². The van der Waals surface area contributed by atoms with Crippen molar-refractivity contribution >= 4 is 9.84 Å². The molecule has 13 heavy (non-hydrogen) atoms. The second kappa shape index (κ2) is 3.22. The first-order valence-corrected chi connectivity index (χ1v) is 6.51. The van der Waals surface area contributed by atoms with E-state index in [1.54, 1.807) is 0 Å². The van der Waals surface area contributed by atoms with E-state index in [1.165, 1.54) is 0 Å². The lowest BCUT2D eigenvalue weighted by molar-refractivity contribution is 0.155. The summed E-state index contributed by atoms with van der Waals surface area (Å²) in [7, 11) is -2.76. The first kappa shape index (κ1) is 9.43. The lowest BCUT2D eigenvalue weighted by Gasteiger charge is -2.44. The van der Waals surface area contributed by atoms with Gasteiger partial charge in [0.1, 0.15) is 0 Å². The molecule has 3 aliphatic rings. The molecule has 5 heteroatoms. The predicted octanol–water partition coefficient (Wildman–Crippen LogP) is -0.793. The molecule has 0 amide bonds. The highest BCUT2D eigenvalue weighted by molar-refractivity contribution is 7.92. The Hall–Kier alpha value is -0.130. The third-order valence-electron chi connectivity index (χ3n) is 3.13. The molecule has 2 N–H and O–H groups in total. The summed E-state index contributed by atoms with van der Waals surface area (Å²) in [6.45, 7) is 2.18. The minimum Gasteiger partial charge on any atom is -0.329 e. The van der Waals surface area contributed by atoms with E-state index in [-0.39, 0.29) is 11.3 Å². The van der Waals surface area contributed by atoms with Crippen LogP contribution in [0.15, 0.2) is 0 Å². The first-order chi connectivity index (χ1) is 6.13. The van der Waals surface area contributed by atoms with E-state index in [9.17, 15) is 8.42 Å². The van der Waals surface area contributed by atoms with Crippen LogP contribution in [0.5, 0.6) is 0 Å². The Bertz CT molecular complexity index is 289. The number of hydrogen-bond donors (Lipinski definition) is 1. The van der Waals surface area contributed by atoms with Crippen LogP contribution in [0.25, 0.3) is 0 Å². The number of fused-ring (bicyclic) bond motifs is 3. The van der Waals surface area contributed by atoms with Gasteiger partial charge in [-0.1, -0.05) is 0 Å². The molecule has 0 aromatic carbocycles. The second-order valence-electron chi connectivity index (χ2n) is 3.97. The quantitative estimate of drug-likeness (QED) is 0.640. The number of nitrogens with zero attached hydrogens (tertiary/aromatic N) is 1. The number of rotatable bonds is 2. The summed E-state index contributed by atoms with van der Waals surface area (Å²) in [5.41, 5.74) is 5.47. The number of hydrogen-bond acceptors (Lipinski definition) is 4. The van der Waals surface area contributed by atoms with Gasteiger partial charge in [-0.25, -0.2) is 8.42 Å². The molecule has 0 radical (unpaired) electrons. The molecule has 2 bridgehead atoms. The summed E-state index contributed by atoms with van der Waals surface area (Å²) in [5, 5.41) is -0.107. The molecular formula is C8H16N2O2S. The SMILES string of the molecule is NCCN1CC2CCC1CS2(=O)=O. The van der Waals surface area contributed by atoms with Gasteiger partial charge in [0.05, 0.1) is 11.0 Å². The van der Waals surface area contributed by atoms with Crippen molar-refractivity contribution in [3.05, 3.63) is 0 Å². The van der Waals surface area contributed by atoms with E-state index in [1.807, 2.05) is 0 Å². The molecule has 3 saturated heterocycles. The van der Waals surface area contributed by atoms with Gasteiger partial charge in [-0.2, -0.15) is 0 Å². The third kappa shape index (κ3) is 1.60. The van der Waals surface area contributed by atoms with E-state index >= 15 is 0 Å². The van der Waals surface area contributed by atoms with Gasteiger partial charge >= 0.3 is 0 Å². The van der Waals surface area contributed by atoms with Gasteiger partial charge in [-0.15, -0.1) is 0 Å². The van der Waals surface area contributed by atoms with Crippen molar-refractivity contribution < 1.29 is 8.42 Å². The topological polar surface area (TPSA) is 63.4 Å². The zero-order valence-corrected chi connectivity index (χ0v) is 8.46. The van der Waals surface area contributed by atoms with Gasteiger partial charge in [0.2, 0.25) is 0 Å². The molecule has 0 aromatic heterocycles. The standard InChI is InChI=1S/C8H16N2O2S/c9-3-4-10-5-8-2-1-7(10)6-13(8,11)12/h7-8H,1-6,9H2. The van der Waals surface area contributed by atoms with Gasteiger partial charge in [-0.3, -0.25) is 4.90 Å². The highest BCUT2D eigenvalue weighted by Crippen LogP contribution is 2.30. The summed E-state index contributed by atoms with van der Waals surface area (Å²) in [6, 6.07) is 0.249. The molecule has 2 unspecified atom stereocenters. The van der Waals surface area contributed by atoms with E-state index in [0.29, 0.717) is 18.8 Å². The van der Waals surface area contributed by atoms with Crippen LogP contribution in [0, 0.1) is 0 Å². The van der Waals surface area contributed by atoms with Crippen LogP contribution in [-0.2, 0) is 9.84 Å². The summed E-state index contributed by atoms with van der Waals surface area (Å²) in [6.07, 6.45) is 1.89. The summed E-state index contributed by atoms with van der Waals surface area (Å²) >= 11 is 0. The average Bonchev–Trinajstić information content (AvgIpc) is 2.06. The molecule has 0 aromatic rings. The Morgan fingerprint density at radius 1 is 1.38 bits per heavy atom. The minimum atomic E-state index is -2.76. The zero-order valence-electron chi connectivity index (χ0n) is 7.65. The Labute approximate surface area is 79.0 Å². The Morgan fingerprint density at radius 2 is 2.15 bits per heavy atom. The van der Waals surface area contributed by atoms with Crippen LogP contribution in [0.1, 0.15) is 12.8 Å². The van der Waals surface area contributed by atoms with Crippen molar-refractivity contribution in [2.45, 2.75) is 24.1 Å². The Kier molecular flexibility index (Phi) is 2.33. The maximum Gasteiger partial charge on any atom is 0.155 e. The lowest BCUT2D eigenvalue weighted by Crippen LogP contribution is -2.58. The highest BCUT2D eigenvalue weighted by atomic mass is 32.2. The summed E-state index contributed by atoms with van der Waals surface area (Å²) < 4.78 is 23.1. The smallest absolute Gasteiger partial charge is 0.155 e. The summed E-state index contributed by atoms with van der Waals surface area (Å²) in [5.74, 6) is 0.359. The average molecular weight is 204 g/mol. The zero-order chi connectivity index (χ0) is 9.47. The van der Waals surface area contributed by atoms with Gasteiger partial charge in [0, 0.05) is 25.7 Å². The monoisotopic (exact) mass is 204 g/mol. The van der Waals surface area contributed by atoms with Crippen molar-refractivity contribution in [2.24, 2.45) is 5.73 Å². The number of nitrogens with two attached hydrogens (primary N) is 1. The maximum absolute atomic E-state index is 11.5. The van der Waals surface area contributed by atoms with E-state index in [2.05, 4.69) is 4.90 Å². The number of piperidine rings is 1. The molecular weight excluding hydrogens is 188 g/mol. The molecule has 3 fully saturated rings. The lowest BCUT2D eigenvalue weighted by atomic mass is 10.0. The minimum absolute atomic E-state index is 0.107. The third-order valence-corrected chi connectivity index (χ3v) is 5.38. The molecule has 4 nitrogen and oxygen atoms in total. The molecule has 0 aliphatic carbocycles. The van der Waals surface area contributed by atoms with E-state index in [0.717, 1.165) is 19.4 Å². The van der Waals surface area contributed by atoms with Crippen LogP contribution in [0.2, 0.25) is 0 Å². The molecule has 3 aliphatic heterocycles. The van der Waals surface area contributed by atoms with Crippen molar-refractivity contribution in [2.75, 3.05) is 25.4 Å². The highest BCUT2D eigenvalue weighted by Gasteiger charge is 2.43. The van der Waals surface area contributed by atoms with Crippen LogP contribution in [0.3, 0.4) is 0 Å². The molecule has 0 saturated carbocycles. The fourth-order valence-corrected chi connectivity index (χ4v) is 4.49. The predicted molar refractivity (Wildman–Crippen MR) is 51.2 cm³/mol. The molecule has 76 valence electrons. The van der Waals surface area contributed by atoms with E-state index in [4.69, 9.17) is 5.73 Å². The van der Waals surface area contributed by atoms with Crippen molar-refractivity contribution in [3.8, 4) is 0 Å². The van der Waals surface area contributed by atoms with Crippen molar-refractivity contribution in [1.82, 2.24) is 4.90 Å². The van der Waals surface area contributed by atoms with E-state index < -0.39 is 9.84 Å². The maximum atomic E-state index is 11.5. The molecule has 0 spiro atoms. The largest absolute Gasteiger partial charge is 0.329 e. The normalized spacial score (nSPS) is 37.9. The van der Waals surface area contributed by atoms with Crippen LogP contribution >= 0.6 is 0 Å². The summed E-state index contributed by atoms with van der Waals surface area (Å²) in [4.78, 5) is 2.23. The second-order valence-corrected chi connectivity index (χ2v) is 6.29.